The van der Waals surface area contributed by atoms with Crippen LogP contribution in [0.4, 0.5) is 5.69 Å². The number of carboxylic acid groups (broad SMARTS) is 1. The smallest absolute Gasteiger partial charge is 0.310 e. The number of carboxylic acids is 1. The Morgan fingerprint density at radius 3 is 2.47 bits per heavy atom. The van der Waals surface area contributed by atoms with E-state index in [9.17, 15) is 4.79 Å². The predicted octanol–water partition coefficient (Wildman–Crippen LogP) is 7.84. The normalized spacial score (nSPS) is 13.5. The zero-order valence-corrected chi connectivity index (χ0v) is 19.6. The third-order valence-corrected chi connectivity index (χ3v) is 4.80. The number of aliphatic carboxylic acids is 1. The van der Waals surface area contributed by atoms with Gasteiger partial charge in [0.1, 0.15) is 0 Å². The highest BCUT2D eigenvalue weighted by Crippen LogP contribution is 2.36. The number of hydrogen-bond donors (Lipinski definition) is 2. The van der Waals surface area contributed by atoms with Crippen molar-refractivity contribution in [2.24, 2.45) is 5.92 Å². The maximum atomic E-state index is 11.1. The number of allylic oxidation sites excluding steroid dienone is 3. The first-order chi connectivity index (χ1) is 14.6. The summed E-state index contributed by atoms with van der Waals surface area (Å²) in [5.41, 5.74) is 4.92. The Hall–Kier alpha value is -2.55. The highest BCUT2D eigenvalue weighted by molar-refractivity contribution is 5.73. The molecule has 2 N–H and O–H groups in total. The molecule has 3 heteroatoms. The van der Waals surface area contributed by atoms with Crippen molar-refractivity contribution in [2.75, 3.05) is 11.9 Å². The van der Waals surface area contributed by atoms with E-state index in [0.29, 0.717) is 6.42 Å². The zero-order valence-electron chi connectivity index (χ0n) is 19.6. The molecule has 2 unspecified atom stereocenters. The summed E-state index contributed by atoms with van der Waals surface area (Å²) in [5.74, 6) is -1.12. The predicted molar refractivity (Wildman–Crippen MR) is 133 cm³/mol. The van der Waals surface area contributed by atoms with Gasteiger partial charge in [0.2, 0.25) is 0 Å². The molecule has 0 amide bonds. The van der Waals surface area contributed by atoms with Crippen molar-refractivity contribution in [1.29, 1.82) is 0 Å². The van der Waals surface area contributed by atoms with Gasteiger partial charge in [-0.3, -0.25) is 4.79 Å². The molecule has 3 nitrogen and oxygen atoms in total. The van der Waals surface area contributed by atoms with Gasteiger partial charge in [-0.25, -0.2) is 0 Å². The molecule has 1 aliphatic heterocycles. The Bertz CT molecular complexity index is 716. The first kappa shape index (κ1) is 27.5. The Labute approximate surface area is 184 Å². The minimum atomic E-state index is -0.829. The molecule has 0 radical (unpaired) electrons. The average molecular weight is 412 g/mol. The fraction of sp³-hybridized carbons (Fsp3) is 0.444. The second-order valence-corrected chi connectivity index (χ2v) is 6.68. The van der Waals surface area contributed by atoms with Crippen LogP contribution in [0.15, 0.2) is 61.2 Å². The number of hydrogen-bond acceptors (Lipinski definition) is 2. The van der Waals surface area contributed by atoms with Gasteiger partial charge in [-0.15, -0.1) is 6.58 Å². The van der Waals surface area contributed by atoms with E-state index in [-0.39, 0.29) is 5.92 Å². The third-order valence-electron chi connectivity index (χ3n) is 4.80. The summed E-state index contributed by atoms with van der Waals surface area (Å²) in [4.78, 5) is 11.1. The average Bonchev–Trinajstić information content (AvgIpc) is 2.78. The number of nitrogens with one attached hydrogen (secondary N) is 1. The first-order valence-electron chi connectivity index (χ1n) is 11.3. The lowest BCUT2D eigenvalue weighted by molar-refractivity contribution is -0.139. The van der Waals surface area contributed by atoms with E-state index in [1.807, 2.05) is 33.8 Å². The third kappa shape index (κ3) is 8.44. The molecule has 166 valence electrons. The van der Waals surface area contributed by atoms with Crippen molar-refractivity contribution >= 4 is 17.7 Å². The standard InChI is InChI=1S/C23H29NO2.2C2H6/c1-4-10-17(3)19(12-7-6-11-18(5-2)23(25)26)20-13-8-15-22-21(20)14-9-16-24-22;2*1-2/h5-9,13-15,18-19,24H,2-4,10-12,16H2,1H3,(H,25,26);2*1-2H3/b7-6+;;. The van der Waals surface area contributed by atoms with Crippen molar-refractivity contribution in [2.45, 2.75) is 66.2 Å². The molecule has 0 saturated heterocycles. The Morgan fingerprint density at radius 2 is 1.87 bits per heavy atom. The van der Waals surface area contributed by atoms with Crippen LogP contribution in [0.3, 0.4) is 0 Å². The number of benzene rings is 1. The fourth-order valence-electron chi connectivity index (χ4n) is 3.35. The summed E-state index contributed by atoms with van der Waals surface area (Å²) < 4.78 is 0. The maximum absolute atomic E-state index is 11.1. The SMILES string of the molecule is C=CC(C/C=C/CC(C(=C)CCC)c1cccc2c1C=CCN2)C(=O)O.CC.CC. The van der Waals surface area contributed by atoms with Crippen molar-refractivity contribution in [3.05, 3.63) is 72.4 Å². The Balaban J connectivity index is 0.00000198. The van der Waals surface area contributed by atoms with Crippen molar-refractivity contribution < 1.29 is 9.90 Å². The molecule has 2 rings (SSSR count). The largest absolute Gasteiger partial charge is 0.481 e. The molecule has 0 aliphatic carbocycles. The van der Waals surface area contributed by atoms with Crippen LogP contribution in [0.1, 0.15) is 77.3 Å². The van der Waals surface area contributed by atoms with E-state index >= 15 is 0 Å². The summed E-state index contributed by atoms with van der Waals surface area (Å²) in [7, 11) is 0. The quantitative estimate of drug-likeness (QED) is 0.385. The molecule has 1 aromatic rings. The summed E-state index contributed by atoms with van der Waals surface area (Å²) in [5, 5.41) is 12.5. The number of anilines is 1. The molecular formula is C27H41NO2. The number of rotatable bonds is 10. The van der Waals surface area contributed by atoms with E-state index in [1.54, 1.807) is 0 Å². The van der Waals surface area contributed by atoms with Gasteiger partial charge in [-0.2, -0.15) is 0 Å². The van der Waals surface area contributed by atoms with Crippen LogP contribution in [-0.2, 0) is 4.79 Å². The molecule has 1 heterocycles. The van der Waals surface area contributed by atoms with E-state index < -0.39 is 11.9 Å². The van der Waals surface area contributed by atoms with Crippen LogP contribution >= 0.6 is 0 Å². The minimum absolute atomic E-state index is 0.234. The van der Waals surface area contributed by atoms with Gasteiger partial charge in [0.05, 0.1) is 5.92 Å². The summed E-state index contributed by atoms with van der Waals surface area (Å²) in [6.07, 6.45) is 13.2. The topological polar surface area (TPSA) is 49.3 Å². The molecule has 2 atom stereocenters. The fourth-order valence-corrected chi connectivity index (χ4v) is 3.35. The van der Waals surface area contributed by atoms with E-state index in [4.69, 9.17) is 5.11 Å². The van der Waals surface area contributed by atoms with Gasteiger partial charge in [-0.05, 0) is 30.9 Å². The van der Waals surface area contributed by atoms with Crippen LogP contribution in [0.5, 0.6) is 0 Å². The van der Waals surface area contributed by atoms with Gasteiger partial charge in [0, 0.05) is 23.7 Å². The monoisotopic (exact) mass is 411 g/mol. The molecule has 30 heavy (non-hydrogen) atoms. The molecule has 0 aromatic heterocycles. The van der Waals surface area contributed by atoms with Crippen LogP contribution in [0.2, 0.25) is 0 Å². The van der Waals surface area contributed by atoms with Crippen molar-refractivity contribution in [3.63, 3.8) is 0 Å². The van der Waals surface area contributed by atoms with Gasteiger partial charge in [0.15, 0.2) is 0 Å². The lowest BCUT2D eigenvalue weighted by atomic mass is 9.83. The molecule has 0 spiro atoms. The Kier molecular flexibility index (Phi) is 14.9. The van der Waals surface area contributed by atoms with E-state index in [2.05, 4.69) is 61.8 Å². The zero-order chi connectivity index (χ0) is 22.9. The van der Waals surface area contributed by atoms with Crippen LogP contribution in [0.25, 0.3) is 6.08 Å². The van der Waals surface area contributed by atoms with E-state index in [1.165, 1.54) is 28.5 Å². The second kappa shape index (κ2) is 16.3. The second-order valence-electron chi connectivity index (χ2n) is 6.68. The van der Waals surface area contributed by atoms with Gasteiger partial charge in [-0.1, -0.05) is 95.7 Å². The summed E-state index contributed by atoms with van der Waals surface area (Å²) in [6.45, 7) is 19.0. The number of carbonyl (C=O) groups is 1. The molecule has 1 aromatic carbocycles. The van der Waals surface area contributed by atoms with E-state index in [0.717, 1.165) is 25.8 Å². The Morgan fingerprint density at radius 1 is 1.20 bits per heavy atom. The molecule has 0 bridgehead atoms. The van der Waals surface area contributed by atoms with Crippen molar-refractivity contribution in [3.8, 4) is 0 Å². The minimum Gasteiger partial charge on any atom is -0.481 e. The molecular weight excluding hydrogens is 370 g/mol. The highest BCUT2D eigenvalue weighted by Gasteiger charge is 2.19. The van der Waals surface area contributed by atoms with Gasteiger partial charge < -0.3 is 10.4 Å². The molecule has 0 saturated carbocycles. The van der Waals surface area contributed by atoms with Crippen LogP contribution in [-0.4, -0.2) is 17.6 Å². The lowest BCUT2D eigenvalue weighted by Gasteiger charge is -2.24. The van der Waals surface area contributed by atoms with Gasteiger partial charge in [0.25, 0.3) is 0 Å². The summed E-state index contributed by atoms with van der Waals surface area (Å²) >= 11 is 0. The first-order valence-corrected chi connectivity index (χ1v) is 11.3. The van der Waals surface area contributed by atoms with Gasteiger partial charge >= 0.3 is 5.97 Å². The molecule has 1 aliphatic rings. The maximum Gasteiger partial charge on any atom is 0.310 e. The summed E-state index contributed by atoms with van der Waals surface area (Å²) in [6, 6.07) is 6.38. The van der Waals surface area contributed by atoms with Crippen LogP contribution < -0.4 is 5.32 Å². The van der Waals surface area contributed by atoms with Crippen LogP contribution in [0, 0.1) is 5.92 Å². The lowest BCUT2D eigenvalue weighted by Crippen LogP contribution is -2.10. The van der Waals surface area contributed by atoms with Crippen molar-refractivity contribution in [1.82, 2.24) is 0 Å². The molecule has 0 fully saturated rings. The highest BCUT2D eigenvalue weighted by atomic mass is 16.4. The number of fused-ring (bicyclic) bond motifs is 1.